The molecule has 2 heterocycles. The summed E-state index contributed by atoms with van der Waals surface area (Å²) < 4.78 is 11.1. The molecule has 2 aliphatic heterocycles. The van der Waals surface area contributed by atoms with E-state index in [1.54, 1.807) is 0 Å². The number of nitrogens with one attached hydrogen (secondary N) is 1. The van der Waals surface area contributed by atoms with Crippen LogP contribution < -0.4 is 5.32 Å². The smallest absolute Gasteiger partial charge is 0.223 e. The molecule has 0 aromatic carbocycles. The number of morpholine rings is 1. The average Bonchev–Trinajstić information content (AvgIpc) is 2.90. The third-order valence-electron chi connectivity index (χ3n) is 5.13. The van der Waals surface area contributed by atoms with Crippen LogP contribution >= 0.6 is 0 Å². The Balaban J connectivity index is 1.45. The number of carbonyl (C=O) groups excluding carboxylic acids is 1. The Morgan fingerprint density at radius 2 is 1.91 bits per heavy atom. The van der Waals surface area contributed by atoms with Gasteiger partial charge in [-0.05, 0) is 12.8 Å². The van der Waals surface area contributed by atoms with Gasteiger partial charge in [-0.2, -0.15) is 0 Å². The summed E-state index contributed by atoms with van der Waals surface area (Å²) >= 11 is 0. The molecule has 3 atom stereocenters. The van der Waals surface area contributed by atoms with Crippen molar-refractivity contribution in [2.45, 2.75) is 50.4 Å². The molecule has 3 rings (SSSR count). The van der Waals surface area contributed by atoms with Crippen LogP contribution in [-0.2, 0) is 14.3 Å². The van der Waals surface area contributed by atoms with E-state index in [0.29, 0.717) is 13.2 Å². The lowest BCUT2D eigenvalue weighted by atomic mass is 9.88. The highest BCUT2D eigenvalue weighted by atomic mass is 16.5. The van der Waals surface area contributed by atoms with Crippen molar-refractivity contribution in [1.29, 1.82) is 0 Å². The minimum Gasteiger partial charge on any atom is -0.388 e. The monoisotopic (exact) mass is 312 g/mol. The van der Waals surface area contributed by atoms with Gasteiger partial charge in [-0.3, -0.25) is 9.69 Å². The van der Waals surface area contributed by atoms with E-state index >= 15 is 0 Å². The van der Waals surface area contributed by atoms with Gasteiger partial charge in [0.15, 0.2) is 0 Å². The molecule has 22 heavy (non-hydrogen) atoms. The van der Waals surface area contributed by atoms with Crippen molar-refractivity contribution in [3.8, 4) is 0 Å². The maximum absolute atomic E-state index is 12.3. The summed E-state index contributed by atoms with van der Waals surface area (Å²) in [7, 11) is 0. The van der Waals surface area contributed by atoms with Crippen molar-refractivity contribution in [2.75, 3.05) is 39.5 Å². The van der Waals surface area contributed by atoms with Crippen molar-refractivity contribution < 1.29 is 19.4 Å². The molecular weight excluding hydrogens is 284 g/mol. The van der Waals surface area contributed by atoms with Gasteiger partial charge in [0.2, 0.25) is 5.91 Å². The SMILES string of the molecule is O=C(NC1COC(CN2CCOCC2)C1O)C1CCCCC1. The van der Waals surface area contributed by atoms with Gasteiger partial charge in [-0.1, -0.05) is 19.3 Å². The van der Waals surface area contributed by atoms with E-state index < -0.39 is 6.10 Å². The second-order valence-electron chi connectivity index (χ2n) is 6.73. The fourth-order valence-electron chi connectivity index (χ4n) is 3.67. The number of aliphatic hydroxyl groups is 1. The first-order valence-corrected chi connectivity index (χ1v) is 8.64. The molecule has 2 N–H and O–H groups in total. The molecule has 1 aliphatic carbocycles. The first-order chi connectivity index (χ1) is 10.7. The summed E-state index contributed by atoms with van der Waals surface area (Å²) in [4.78, 5) is 14.5. The number of carbonyl (C=O) groups is 1. The van der Waals surface area contributed by atoms with Crippen molar-refractivity contribution in [1.82, 2.24) is 10.2 Å². The lowest BCUT2D eigenvalue weighted by Crippen LogP contribution is -2.49. The summed E-state index contributed by atoms with van der Waals surface area (Å²) in [6.07, 6.45) is 4.65. The van der Waals surface area contributed by atoms with Crippen LogP contribution in [0.3, 0.4) is 0 Å². The minimum atomic E-state index is -0.615. The molecule has 3 aliphatic rings. The number of amides is 1. The number of rotatable bonds is 4. The van der Waals surface area contributed by atoms with Crippen LogP contribution in [0.4, 0.5) is 0 Å². The molecule has 0 bridgehead atoms. The Morgan fingerprint density at radius 3 is 2.64 bits per heavy atom. The van der Waals surface area contributed by atoms with Crippen LogP contribution in [0.1, 0.15) is 32.1 Å². The normalized spacial score (nSPS) is 34.7. The maximum Gasteiger partial charge on any atom is 0.223 e. The van der Waals surface area contributed by atoms with Crippen LogP contribution in [0, 0.1) is 5.92 Å². The molecule has 1 amide bonds. The van der Waals surface area contributed by atoms with Gasteiger partial charge in [-0.15, -0.1) is 0 Å². The molecule has 6 heteroatoms. The summed E-state index contributed by atoms with van der Waals surface area (Å²) in [5, 5.41) is 13.4. The van der Waals surface area contributed by atoms with Crippen LogP contribution in [0.15, 0.2) is 0 Å². The zero-order valence-electron chi connectivity index (χ0n) is 13.2. The largest absolute Gasteiger partial charge is 0.388 e. The molecule has 0 radical (unpaired) electrons. The molecule has 3 fully saturated rings. The fourth-order valence-corrected chi connectivity index (χ4v) is 3.67. The third kappa shape index (κ3) is 3.98. The van der Waals surface area contributed by atoms with Crippen molar-refractivity contribution in [2.24, 2.45) is 5.92 Å². The van der Waals surface area contributed by atoms with Gasteiger partial charge in [-0.25, -0.2) is 0 Å². The molecule has 1 saturated carbocycles. The molecular formula is C16H28N2O4. The summed E-state index contributed by atoms with van der Waals surface area (Å²) in [6, 6.07) is -0.263. The van der Waals surface area contributed by atoms with E-state index in [4.69, 9.17) is 9.47 Å². The molecule has 3 unspecified atom stereocenters. The fraction of sp³-hybridized carbons (Fsp3) is 0.938. The van der Waals surface area contributed by atoms with Gasteiger partial charge in [0.25, 0.3) is 0 Å². The first-order valence-electron chi connectivity index (χ1n) is 8.64. The van der Waals surface area contributed by atoms with Gasteiger partial charge >= 0.3 is 0 Å². The second-order valence-corrected chi connectivity index (χ2v) is 6.73. The number of hydrogen-bond acceptors (Lipinski definition) is 5. The first kappa shape index (κ1) is 16.2. The topological polar surface area (TPSA) is 71.0 Å². The number of nitrogens with zero attached hydrogens (tertiary/aromatic N) is 1. The Morgan fingerprint density at radius 1 is 1.18 bits per heavy atom. The van der Waals surface area contributed by atoms with E-state index in [-0.39, 0.29) is 24.0 Å². The van der Waals surface area contributed by atoms with Crippen LogP contribution in [0.5, 0.6) is 0 Å². The van der Waals surface area contributed by atoms with Crippen molar-refractivity contribution >= 4 is 5.91 Å². The average molecular weight is 312 g/mol. The second kappa shape index (κ2) is 7.73. The van der Waals surface area contributed by atoms with Crippen molar-refractivity contribution in [3.63, 3.8) is 0 Å². The number of aliphatic hydroxyl groups excluding tert-OH is 1. The Labute approximate surface area is 132 Å². The highest BCUT2D eigenvalue weighted by Crippen LogP contribution is 2.24. The van der Waals surface area contributed by atoms with E-state index in [9.17, 15) is 9.90 Å². The zero-order chi connectivity index (χ0) is 15.4. The Bertz CT molecular complexity index is 367. The maximum atomic E-state index is 12.3. The van der Waals surface area contributed by atoms with E-state index in [1.165, 1.54) is 6.42 Å². The predicted molar refractivity (Wildman–Crippen MR) is 81.5 cm³/mol. The minimum absolute atomic E-state index is 0.0966. The number of ether oxygens (including phenoxy) is 2. The highest BCUT2D eigenvalue weighted by molar-refractivity contribution is 5.79. The quantitative estimate of drug-likeness (QED) is 0.773. The van der Waals surface area contributed by atoms with Crippen LogP contribution in [0.2, 0.25) is 0 Å². The summed E-state index contributed by atoms with van der Waals surface area (Å²) in [6.45, 7) is 4.36. The van der Waals surface area contributed by atoms with E-state index in [2.05, 4.69) is 10.2 Å². The van der Waals surface area contributed by atoms with Crippen LogP contribution in [-0.4, -0.2) is 73.6 Å². The molecule has 0 aromatic heterocycles. The lowest BCUT2D eigenvalue weighted by molar-refractivity contribution is -0.127. The van der Waals surface area contributed by atoms with E-state index in [1.807, 2.05) is 0 Å². The lowest BCUT2D eigenvalue weighted by Gasteiger charge is -2.30. The standard InChI is InChI=1S/C16H28N2O4/c19-15-13(17-16(20)12-4-2-1-3-5-12)11-22-14(15)10-18-6-8-21-9-7-18/h12-15,19H,1-11H2,(H,17,20). The van der Waals surface area contributed by atoms with Gasteiger partial charge < -0.3 is 19.9 Å². The van der Waals surface area contributed by atoms with Crippen molar-refractivity contribution in [3.05, 3.63) is 0 Å². The molecule has 6 nitrogen and oxygen atoms in total. The van der Waals surface area contributed by atoms with Gasteiger partial charge in [0.05, 0.1) is 32.0 Å². The summed E-state index contributed by atoms with van der Waals surface area (Å²) in [5.74, 6) is 0.221. The zero-order valence-corrected chi connectivity index (χ0v) is 13.2. The third-order valence-corrected chi connectivity index (χ3v) is 5.13. The highest BCUT2D eigenvalue weighted by Gasteiger charge is 2.38. The summed E-state index contributed by atoms with van der Waals surface area (Å²) in [5.41, 5.74) is 0. The van der Waals surface area contributed by atoms with Gasteiger partial charge in [0, 0.05) is 25.6 Å². The van der Waals surface area contributed by atoms with E-state index in [0.717, 1.165) is 52.0 Å². The molecule has 0 aromatic rings. The van der Waals surface area contributed by atoms with Crippen LogP contribution in [0.25, 0.3) is 0 Å². The Hall–Kier alpha value is -0.690. The molecule has 0 spiro atoms. The molecule has 126 valence electrons. The number of hydrogen-bond donors (Lipinski definition) is 2. The molecule has 2 saturated heterocycles. The predicted octanol–water partition coefficient (Wildman–Crippen LogP) is 0.143. The van der Waals surface area contributed by atoms with Gasteiger partial charge in [0.1, 0.15) is 6.10 Å². The Kier molecular flexibility index (Phi) is 5.68.